The molecule has 0 unspecified atom stereocenters. The van der Waals surface area contributed by atoms with Crippen LogP contribution in [0.15, 0.2) is 54.6 Å². The van der Waals surface area contributed by atoms with E-state index in [0.29, 0.717) is 0 Å². The molecule has 0 aromatic heterocycles. The molecule has 0 saturated carbocycles. The molecule has 0 spiro atoms. The summed E-state index contributed by atoms with van der Waals surface area (Å²) in [5.74, 6) is 0.733. The molecule has 3 aromatic rings. The molecule has 0 bridgehead atoms. The Balaban J connectivity index is 2.29. The first-order valence-electron chi connectivity index (χ1n) is 6.12. The molecule has 0 aliphatic heterocycles. The zero-order valence-electron chi connectivity index (χ0n) is 10.4. The van der Waals surface area contributed by atoms with Crippen molar-refractivity contribution in [2.45, 2.75) is 5.75 Å². The number of fused-ring (bicyclic) bond motifs is 2. The number of benzene rings is 3. The smallest absolute Gasteiger partial charge is 0.151 e. The minimum absolute atomic E-state index is 0.164. The average molecular weight is 266 g/mol. The number of hydrogen-bond donors (Lipinski definition) is 2. The van der Waals surface area contributed by atoms with Gasteiger partial charge in [0.1, 0.15) is 0 Å². The molecule has 19 heavy (non-hydrogen) atoms. The number of nitrogens with two attached hydrogens (primary N) is 1. The maximum absolute atomic E-state index is 7.40. The summed E-state index contributed by atoms with van der Waals surface area (Å²) in [6, 6.07) is 19.0. The van der Waals surface area contributed by atoms with Crippen molar-refractivity contribution in [2.75, 3.05) is 0 Å². The summed E-state index contributed by atoms with van der Waals surface area (Å²) in [5.41, 5.74) is 6.73. The molecule has 0 saturated heterocycles. The first kappa shape index (κ1) is 12.1. The molecule has 0 fully saturated rings. The van der Waals surface area contributed by atoms with E-state index >= 15 is 0 Å². The van der Waals surface area contributed by atoms with Gasteiger partial charge in [-0.1, -0.05) is 60.3 Å². The zero-order chi connectivity index (χ0) is 13.2. The lowest BCUT2D eigenvalue weighted by atomic mass is 9.98. The van der Waals surface area contributed by atoms with Gasteiger partial charge in [-0.15, -0.1) is 0 Å². The standard InChI is InChI=1S/C16H14N2S/c17-16(18)19-10-15-13-7-3-1-5-11(13)9-12-6-2-4-8-14(12)15/h1-9H,10H2,(H3,17,18). The second-order valence-corrected chi connectivity index (χ2v) is 5.47. The topological polar surface area (TPSA) is 49.9 Å². The highest BCUT2D eigenvalue weighted by Crippen LogP contribution is 2.31. The van der Waals surface area contributed by atoms with Crippen molar-refractivity contribution in [3.63, 3.8) is 0 Å². The minimum atomic E-state index is 0.164. The van der Waals surface area contributed by atoms with Gasteiger partial charge in [-0.3, -0.25) is 5.41 Å². The Morgan fingerprint density at radius 2 is 1.47 bits per heavy atom. The molecule has 3 heteroatoms. The highest BCUT2D eigenvalue weighted by molar-refractivity contribution is 8.13. The van der Waals surface area contributed by atoms with Crippen LogP contribution in [-0.4, -0.2) is 5.17 Å². The van der Waals surface area contributed by atoms with Crippen molar-refractivity contribution in [1.82, 2.24) is 0 Å². The van der Waals surface area contributed by atoms with Crippen LogP contribution in [0.5, 0.6) is 0 Å². The number of hydrogen-bond acceptors (Lipinski definition) is 2. The van der Waals surface area contributed by atoms with Gasteiger partial charge in [0.15, 0.2) is 5.17 Å². The Morgan fingerprint density at radius 1 is 0.947 bits per heavy atom. The Hall–Kier alpha value is -2.00. The van der Waals surface area contributed by atoms with Crippen LogP contribution < -0.4 is 5.73 Å². The fraction of sp³-hybridized carbons (Fsp3) is 0.0625. The normalized spacial score (nSPS) is 10.9. The van der Waals surface area contributed by atoms with E-state index in [1.807, 2.05) is 0 Å². The third-order valence-corrected chi connectivity index (χ3v) is 4.00. The Morgan fingerprint density at radius 3 is 2.00 bits per heavy atom. The van der Waals surface area contributed by atoms with Crippen LogP contribution in [-0.2, 0) is 5.75 Å². The van der Waals surface area contributed by atoms with E-state index in [-0.39, 0.29) is 5.17 Å². The average Bonchev–Trinajstić information content (AvgIpc) is 2.43. The molecule has 94 valence electrons. The maximum atomic E-state index is 7.40. The molecule has 0 amide bonds. The highest BCUT2D eigenvalue weighted by atomic mass is 32.2. The maximum Gasteiger partial charge on any atom is 0.151 e. The van der Waals surface area contributed by atoms with Gasteiger partial charge in [0.05, 0.1) is 0 Å². The quantitative estimate of drug-likeness (QED) is 0.416. The number of rotatable bonds is 2. The molecule has 2 nitrogen and oxygen atoms in total. The fourth-order valence-electron chi connectivity index (χ4n) is 2.41. The van der Waals surface area contributed by atoms with Gasteiger partial charge in [0.2, 0.25) is 0 Å². The van der Waals surface area contributed by atoms with Crippen LogP contribution in [0.25, 0.3) is 21.5 Å². The molecule has 0 heterocycles. The van der Waals surface area contributed by atoms with E-state index in [9.17, 15) is 0 Å². The van der Waals surface area contributed by atoms with Crippen LogP contribution in [0, 0.1) is 5.41 Å². The Kier molecular flexibility index (Phi) is 3.13. The van der Waals surface area contributed by atoms with Gasteiger partial charge in [0, 0.05) is 5.75 Å². The number of amidine groups is 1. The predicted molar refractivity (Wildman–Crippen MR) is 84.7 cm³/mol. The van der Waals surface area contributed by atoms with Crippen molar-refractivity contribution in [3.8, 4) is 0 Å². The van der Waals surface area contributed by atoms with Crippen LogP contribution in [0.3, 0.4) is 0 Å². The largest absolute Gasteiger partial charge is 0.379 e. The monoisotopic (exact) mass is 266 g/mol. The summed E-state index contributed by atoms with van der Waals surface area (Å²) in [4.78, 5) is 0. The molecule has 3 rings (SSSR count). The zero-order valence-corrected chi connectivity index (χ0v) is 11.2. The first-order valence-corrected chi connectivity index (χ1v) is 7.10. The number of nitrogens with one attached hydrogen (secondary N) is 1. The summed E-state index contributed by atoms with van der Waals surface area (Å²) in [7, 11) is 0. The molecule has 0 aliphatic carbocycles. The van der Waals surface area contributed by atoms with E-state index in [1.54, 1.807) is 0 Å². The second kappa shape index (κ2) is 4.94. The van der Waals surface area contributed by atoms with Crippen LogP contribution in [0.1, 0.15) is 5.56 Å². The lowest BCUT2D eigenvalue weighted by molar-refractivity contribution is 1.48. The van der Waals surface area contributed by atoms with E-state index in [1.165, 1.54) is 38.9 Å². The van der Waals surface area contributed by atoms with E-state index in [2.05, 4.69) is 54.6 Å². The summed E-state index contributed by atoms with van der Waals surface area (Å²) in [5, 5.41) is 12.5. The third kappa shape index (κ3) is 2.29. The summed E-state index contributed by atoms with van der Waals surface area (Å²) in [6.45, 7) is 0. The van der Waals surface area contributed by atoms with Crippen LogP contribution >= 0.6 is 11.8 Å². The van der Waals surface area contributed by atoms with Gasteiger partial charge in [0.25, 0.3) is 0 Å². The summed E-state index contributed by atoms with van der Waals surface area (Å²) in [6.07, 6.45) is 0. The molecule has 0 aliphatic rings. The van der Waals surface area contributed by atoms with E-state index < -0.39 is 0 Å². The van der Waals surface area contributed by atoms with Crippen LogP contribution in [0.2, 0.25) is 0 Å². The van der Waals surface area contributed by atoms with Gasteiger partial charge in [-0.25, -0.2) is 0 Å². The number of thioether (sulfide) groups is 1. The Labute approximate surface area is 116 Å². The van der Waals surface area contributed by atoms with Crippen molar-refractivity contribution in [3.05, 3.63) is 60.2 Å². The van der Waals surface area contributed by atoms with Crippen molar-refractivity contribution in [1.29, 1.82) is 5.41 Å². The Bertz CT molecular complexity index is 711. The van der Waals surface area contributed by atoms with Crippen molar-refractivity contribution >= 4 is 38.5 Å². The second-order valence-electron chi connectivity index (χ2n) is 4.45. The minimum Gasteiger partial charge on any atom is -0.379 e. The SMILES string of the molecule is N=C(N)SCc1c2ccccc2cc2ccccc12. The lowest BCUT2D eigenvalue weighted by Crippen LogP contribution is -2.04. The highest BCUT2D eigenvalue weighted by Gasteiger charge is 2.07. The van der Waals surface area contributed by atoms with Gasteiger partial charge in [-0.2, -0.15) is 0 Å². The molecule has 0 atom stereocenters. The third-order valence-electron chi connectivity index (χ3n) is 3.25. The van der Waals surface area contributed by atoms with Crippen molar-refractivity contribution in [2.24, 2.45) is 5.73 Å². The lowest BCUT2D eigenvalue weighted by Gasteiger charge is -2.10. The van der Waals surface area contributed by atoms with Gasteiger partial charge < -0.3 is 5.73 Å². The fourth-order valence-corrected chi connectivity index (χ4v) is 3.02. The molecule has 3 aromatic carbocycles. The van der Waals surface area contributed by atoms with Crippen molar-refractivity contribution < 1.29 is 0 Å². The van der Waals surface area contributed by atoms with E-state index in [4.69, 9.17) is 11.1 Å². The van der Waals surface area contributed by atoms with Gasteiger partial charge in [-0.05, 0) is 33.2 Å². The molecular weight excluding hydrogens is 252 g/mol. The first-order chi connectivity index (χ1) is 9.25. The molecule has 0 radical (unpaired) electrons. The summed E-state index contributed by atoms with van der Waals surface area (Å²) < 4.78 is 0. The predicted octanol–water partition coefficient (Wildman–Crippen LogP) is 4.12. The van der Waals surface area contributed by atoms with E-state index in [0.717, 1.165) is 5.75 Å². The van der Waals surface area contributed by atoms with Gasteiger partial charge >= 0.3 is 0 Å². The molecule has 3 N–H and O–H groups in total. The summed E-state index contributed by atoms with van der Waals surface area (Å²) >= 11 is 1.38. The van der Waals surface area contributed by atoms with Crippen LogP contribution in [0.4, 0.5) is 0 Å². The molecular formula is C16H14N2S.